The van der Waals surface area contributed by atoms with Crippen LogP contribution in [0.15, 0.2) is 23.1 Å². The minimum Gasteiger partial charge on any atom is -0.324 e. The van der Waals surface area contributed by atoms with Gasteiger partial charge in [0, 0.05) is 14.2 Å². The summed E-state index contributed by atoms with van der Waals surface area (Å²) in [6, 6.07) is 6.04. The second-order valence-electron chi connectivity index (χ2n) is 1.99. The number of thioether (sulfide) groups is 1. The number of nitrogens with one attached hydrogen (secondary N) is 1. The zero-order chi connectivity index (χ0) is 8.27. The van der Waals surface area contributed by atoms with Crippen LogP contribution >= 0.6 is 34.4 Å². The van der Waals surface area contributed by atoms with Gasteiger partial charge in [0.05, 0.1) is 0 Å². The van der Waals surface area contributed by atoms with Crippen LogP contribution in [0, 0.1) is 3.57 Å². The van der Waals surface area contributed by atoms with Gasteiger partial charge in [-0.15, -0.1) is 11.8 Å². The van der Waals surface area contributed by atoms with Crippen molar-refractivity contribution in [2.75, 3.05) is 11.7 Å². The molecule has 1 rings (SSSR count). The average molecular weight is 280 g/mol. The Bertz CT molecular complexity index is 252. The molecule has 0 saturated heterocycles. The standard InChI is InChI=1S/C7H9IN2S/c1-11-7-4-5(10-9)2-3-6(7)8/h2-4,10H,9H2,1H3. The van der Waals surface area contributed by atoms with Gasteiger partial charge in [-0.2, -0.15) is 0 Å². The number of halogens is 1. The molecule has 60 valence electrons. The van der Waals surface area contributed by atoms with E-state index in [2.05, 4.69) is 34.3 Å². The van der Waals surface area contributed by atoms with E-state index in [1.165, 1.54) is 8.47 Å². The number of benzene rings is 1. The van der Waals surface area contributed by atoms with Gasteiger partial charge in [-0.1, -0.05) is 0 Å². The molecular weight excluding hydrogens is 271 g/mol. The van der Waals surface area contributed by atoms with E-state index in [4.69, 9.17) is 5.84 Å². The Kier molecular flexibility index (Phi) is 3.47. The molecule has 0 aromatic heterocycles. The van der Waals surface area contributed by atoms with Crippen LogP contribution in [0.25, 0.3) is 0 Å². The Hall–Kier alpha value is 0.0600. The normalized spacial score (nSPS) is 9.73. The lowest BCUT2D eigenvalue weighted by molar-refractivity contribution is 1.31. The number of hydrogen-bond donors (Lipinski definition) is 2. The van der Waals surface area contributed by atoms with Gasteiger partial charge in [0.15, 0.2) is 0 Å². The van der Waals surface area contributed by atoms with Gasteiger partial charge in [0.25, 0.3) is 0 Å². The SMILES string of the molecule is CSc1cc(NN)ccc1I. The summed E-state index contributed by atoms with van der Waals surface area (Å²) in [5, 5.41) is 0. The van der Waals surface area contributed by atoms with Gasteiger partial charge < -0.3 is 5.43 Å². The van der Waals surface area contributed by atoms with Crippen molar-refractivity contribution < 1.29 is 0 Å². The third-order valence-electron chi connectivity index (χ3n) is 1.32. The van der Waals surface area contributed by atoms with E-state index >= 15 is 0 Å². The molecule has 0 unspecified atom stereocenters. The molecule has 0 amide bonds. The molecule has 0 radical (unpaired) electrons. The van der Waals surface area contributed by atoms with Crippen molar-refractivity contribution in [1.29, 1.82) is 0 Å². The van der Waals surface area contributed by atoms with Crippen molar-refractivity contribution in [2.24, 2.45) is 5.84 Å². The molecular formula is C7H9IN2S. The smallest absolute Gasteiger partial charge is 0.0496 e. The van der Waals surface area contributed by atoms with Crippen molar-refractivity contribution in [3.8, 4) is 0 Å². The quantitative estimate of drug-likeness (QED) is 0.378. The van der Waals surface area contributed by atoms with E-state index in [0.717, 1.165) is 5.69 Å². The van der Waals surface area contributed by atoms with Crippen molar-refractivity contribution in [2.45, 2.75) is 4.90 Å². The molecule has 1 aromatic rings. The fourth-order valence-electron chi connectivity index (χ4n) is 0.750. The summed E-state index contributed by atoms with van der Waals surface area (Å²) in [6.07, 6.45) is 2.05. The van der Waals surface area contributed by atoms with Crippen LogP contribution in [-0.2, 0) is 0 Å². The molecule has 0 saturated carbocycles. The Morgan fingerprint density at radius 1 is 1.55 bits per heavy atom. The Morgan fingerprint density at radius 3 is 2.82 bits per heavy atom. The Labute approximate surface area is 84.0 Å². The molecule has 0 spiro atoms. The third-order valence-corrected chi connectivity index (χ3v) is 3.40. The molecule has 1 aromatic carbocycles. The highest BCUT2D eigenvalue weighted by atomic mass is 127. The second kappa shape index (κ2) is 4.18. The molecule has 0 bridgehead atoms. The predicted molar refractivity (Wildman–Crippen MR) is 58.8 cm³/mol. The molecule has 3 N–H and O–H groups in total. The van der Waals surface area contributed by atoms with E-state index in [-0.39, 0.29) is 0 Å². The Morgan fingerprint density at radius 2 is 2.27 bits per heavy atom. The number of hydrogen-bond acceptors (Lipinski definition) is 3. The number of nitrogen functional groups attached to an aromatic ring is 1. The summed E-state index contributed by atoms with van der Waals surface area (Å²) in [4.78, 5) is 1.25. The number of rotatable bonds is 2. The van der Waals surface area contributed by atoms with Crippen molar-refractivity contribution in [3.63, 3.8) is 0 Å². The maximum atomic E-state index is 5.26. The number of hydrazine groups is 1. The fraction of sp³-hybridized carbons (Fsp3) is 0.143. The van der Waals surface area contributed by atoms with Crippen molar-refractivity contribution in [1.82, 2.24) is 0 Å². The largest absolute Gasteiger partial charge is 0.324 e. The van der Waals surface area contributed by atoms with Gasteiger partial charge >= 0.3 is 0 Å². The van der Waals surface area contributed by atoms with Crippen LogP contribution < -0.4 is 11.3 Å². The number of nitrogens with two attached hydrogens (primary N) is 1. The summed E-state index contributed by atoms with van der Waals surface area (Å²) < 4.78 is 1.26. The van der Waals surface area contributed by atoms with Crippen LogP contribution in [0.2, 0.25) is 0 Å². The molecule has 0 fully saturated rings. The summed E-state index contributed by atoms with van der Waals surface area (Å²) >= 11 is 4.03. The average Bonchev–Trinajstić information content (AvgIpc) is 2.05. The minimum atomic E-state index is 0.953. The van der Waals surface area contributed by atoms with E-state index in [0.29, 0.717) is 0 Å². The van der Waals surface area contributed by atoms with Gasteiger partial charge in [0.1, 0.15) is 0 Å². The van der Waals surface area contributed by atoms with Gasteiger partial charge in [-0.3, -0.25) is 5.84 Å². The first-order valence-electron chi connectivity index (χ1n) is 3.08. The minimum absolute atomic E-state index is 0.953. The van der Waals surface area contributed by atoms with E-state index in [9.17, 15) is 0 Å². The lowest BCUT2D eigenvalue weighted by Gasteiger charge is -2.03. The predicted octanol–water partition coefficient (Wildman–Crippen LogP) is 2.30. The van der Waals surface area contributed by atoms with E-state index in [1.54, 1.807) is 11.8 Å². The summed E-state index contributed by atoms with van der Waals surface area (Å²) in [5.74, 6) is 5.26. The second-order valence-corrected chi connectivity index (χ2v) is 4.00. The number of anilines is 1. The van der Waals surface area contributed by atoms with Crippen LogP contribution in [-0.4, -0.2) is 6.26 Å². The maximum absolute atomic E-state index is 5.26. The molecule has 0 aliphatic carbocycles. The summed E-state index contributed by atoms with van der Waals surface area (Å²) in [5.41, 5.74) is 3.57. The highest BCUT2D eigenvalue weighted by Gasteiger charge is 1.97. The van der Waals surface area contributed by atoms with Gasteiger partial charge in [-0.25, -0.2) is 0 Å². The van der Waals surface area contributed by atoms with Gasteiger partial charge in [-0.05, 0) is 47.0 Å². The molecule has 0 aliphatic rings. The molecule has 0 aliphatic heterocycles. The first-order valence-corrected chi connectivity index (χ1v) is 5.38. The zero-order valence-electron chi connectivity index (χ0n) is 6.10. The zero-order valence-corrected chi connectivity index (χ0v) is 9.07. The maximum Gasteiger partial charge on any atom is 0.0496 e. The van der Waals surface area contributed by atoms with E-state index in [1.807, 2.05) is 18.2 Å². The Balaban J connectivity index is 3.02. The van der Waals surface area contributed by atoms with Crippen LogP contribution in [0.1, 0.15) is 0 Å². The molecule has 0 atom stereocenters. The highest BCUT2D eigenvalue weighted by molar-refractivity contribution is 14.1. The lowest BCUT2D eigenvalue weighted by atomic mass is 10.3. The monoisotopic (exact) mass is 280 g/mol. The topological polar surface area (TPSA) is 38.0 Å². The van der Waals surface area contributed by atoms with Crippen LogP contribution in [0.4, 0.5) is 5.69 Å². The highest BCUT2D eigenvalue weighted by Crippen LogP contribution is 2.24. The third kappa shape index (κ3) is 2.25. The fourth-order valence-corrected chi connectivity index (χ4v) is 2.25. The van der Waals surface area contributed by atoms with Crippen LogP contribution in [0.5, 0.6) is 0 Å². The summed E-state index contributed by atoms with van der Waals surface area (Å²) in [7, 11) is 0. The van der Waals surface area contributed by atoms with E-state index < -0.39 is 0 Å². The molecule has 11 heavy (non-hydrogen) atoms. The van der Waals surface area contributed by atoms with Crippen molar-refractivity contribution in [3.05, 3.63) is 21.8 Å². The molecule has 4 heteroatoms. The molecule has 0 heterocycles. The first-order chi connectivity index (χ1) is 5.27. The summed E-state index contributed by atoms with van der Waals surface area (Å²) in [6.45, 7) is 0. The van der Waals surface area contributed by atoms with Gasteiger partial charge in [0.2, 0.25) is 0 Å². The lowest BCUT2D eigenvalue weighted by Crippen LogP contribution is -2.06. The molecule has 2 nitrogen and oxygen atoms in total. The van der Waals surface area contributed by atoms with Crippen LogP contribution in [0.3, 0.4) is 0 Å². The first kappa shape index (κ1) is 9.15. The van der Waals surface area contributed by atoms with Crippen molar-refractivity contribution >= 4 is 40.0 Å².